The van der Waals surface area contributed by atoms with Gasteiger partial charge in [0.1, 0.15) is 5.82 Å². The number of carbonyl (C=O) groups excluding carboxylic acids is 2. The second-order valence-corrected chi connectivity index (χ2v) is 4.28. The number of ketones is 1. The minimum absolute atomic E-state index is 0.305. The minimum Gasteiger partial charge on any atom is -0.451 e. The lowest BCUT2D eigenvalue weighted by molar-refractivity contribution is 0.0319. The van der Waals surface area contributed by atoms with E-state index >= 15 is 0 Å². The van der Waals surface area contributed by atoms with Crippen LogP contribution in [0.25, 0.3) is 0 Å². The van der Waals surface area contributed by atoms with Crippen LogP contribution in [0.15, 0.2) is 54.6 Å². The maximum atomic E-state index is 12.8. The first-order valence-electron chi connectivity index (χ1n) is 6.14. The number of benzene rings is 2. The Labute approximate surface area is 116 Å². The number of esters is 1. The van der Waals surface area contributed by atoms with Crippen molar-refractivity contribution in [3.8, 4) is 0 Å². The van der Waals surface area contributed by atoms with Crippen LogP contribution in [0.5, 0.6) is 0 Å². The molecule has 0 saturated carbocycles. The highest BCUT2D eigenvalue weighted by molar-refractivity contribution is 6.01. The van der Waals surface area contributed by atoms with E-state index in [0.717, 1.165) is 0 Å². The highest BCUT2D eigenvalue weighted by Gasteiger charge is 2.20. The SMILES string of the molecule is CC(OC(=O)c1ccccc1)C(=O)c1ccc(F)cc1. The zero-order valence-electron chi connectivity index (χ0n) is 10.9. The van der Waals surface area contributed by atoms with Crippen molar-refractivity contribution in [2.45, 2.75) is 13.0 Å². The van der Waals surface area contributed by atoms with Gasteiger partial charge in [-0.15, -0.1) is 0 Å². The molecule has 4 heteroatoms. The molecule has 0 N–H and O–H groups in total. The average Bonchev–Trinajstić information content (AvgIpc) is 2.48. The number of hydrogen-bond donors (Lipinski definition) is 0. The van der Waals surface area contributed by atoms with Crippen molar-refractivity contribution in [2.24, 2.45) is 0 Å². The van der Waals surface area contributed by atoms with E-state index in [2.05, 4.69) is 0 Å². The summed E-state index contributed by atoms with van der Waals surface area (Å²) in [6, 6.07) is 13.5. The molecule has 0 aliphatic rings. The lowest BCUT2D eigenvalue weighted by Crippen LogP contribution is -2.24. The highest BCUT2D eigenvalue weighted by Crippen LogP contribution is 2.10. The molecule has 0 aliphatic heterocycles. The van der Waals surface area contributed by atoms with Gasteiger partial charge in [0, 0.05) is 5.56 Å². The Morgan fingerprint density at radius 3 is 2.15 bits per heavy atom. The predicted molar refractivity (Wildman–Crippen MR) is 72.1 cm³/mol. The Balaban J connectivity index is 2.05. The Morgan fingerprint density at radius 2 is 1.55 bits per heavy atom. The maximum Gasteiger partial charge on any atom is 0.338 e. The Kier molecular flexibility index (Phi) is 4.25. The summed E-state index contributed by atoms with van der Waals surface area (Å²) in [6.07, 6.45) is -0.923. The van der Waals surface area contributed by atoms with Crippen molar-refractivity contribution in [3.63, 3.8) is 0 Å². The summed E-state index contributed by atoms with van der Waals surface area (Å²) in [4.78, 5) is 23.8. The molecular formula is C16H13FO3. The van der Waals surface area contributed by atoms with Gasteiger partial charge in [0.25, 0.3) is 0 Å². The van der Waals surface area contributed by atoms with Crippen molar-refractivity contribution >= 4 is 11.8 Å². The van der Waals surface area contributed by atoms with E-state index in [1.165, 1.54) is 31.2 Å². The number of Topliss-reactive ketones (excluding diaryl/α,β-unsaturated/α-hetero) is 1. The molecule has 2 aromatic carbocycles. The van der Waals surface area contributed by atoms with Crippen LogP contribution in [0.4, 0.5) is 4.39 Å². The molecule has 0 radical (unpaired) electrons. The second-order valence-electron chi connectivity index (χ2n) is 4.28. The molecule has 0 aromatic heterocycles. The van der Waals surface area contributed by atoms with Crippen LogP contribution >= 0.6 is 0 Å². The summed E-state index contributed by atoms with van der Waals surface area (Å²) in [5.74, 6) is -1.35. The molecule has 2 rings (SSSR count). The fourth-order valence-corrected chi connectivity index (χ4v) is 1.71. The third-order valence-electron chi connectivity index (χ3n) is 2.79. The molecular weight excluding hydrogens is 259 g/mol. The Bertz CT molecular complexity index is 605. The van der Waals surface area contributed by atoms with Crippen LogP contribution in [0.1, 0.15) is 27.6 Å². The number of ether oxygens (including phenoxy) is 1. The Hall–Kier alpha value is -2.49. The summed E-state index contributed by atoms with van der Waals surface area (Å²) in [5.41, 5.74) is 0.686. The van der Waals surface area contributed by atoms with Gasteiger partial charge in [-0.2, -0.15) is 0 Å². The number of halogens is 1. The molecule has 0 heterocycles. The van der Waals surface area contributed by atoms with Crippen molar-refractivity contribution < 1.29 is 18.7 Å². The maximum absolute atomic E-state index is 12.8. The molecule has 0 amide bonds. The first kappa shape index (κ1) is 13.9. The van der Waals surface area contributed by atoms with Gasteiger partial charge < -0.3 is 4.74 Å². The van der Waals surface area contributed by atoms with Crippen molar-refractivity contribution in [1.82, 2.24) is 0 Å². The zero-order chi connectivity index (χ0) is 14.5. The van der Waals surface area contributed by atoms with Gasteiger partial charge in [-0.25, -0.2) is 9.18 Å². The van der Waals surface area contributed by atoms with Gasteiger partial charge in [-0.1, -0.05) is 18.2 Å². The number of rotatable bonds is 4. The Morgan fingerprint density at radius 1 is 0.950 bits per heavy atom. The molecule has 1 atom stereocenters. The van der Waals surface area contributed by atoms with E-state index < -0.39 is 17.9 Å². The van der Waals surface area contributed by atoms with E-state index in [0.29, 0.717) is 11.1 Å². The van der Waals surface area contributed by atoms with Crippen LogP contribution in [0.3, 0.4) is 0 Å². The van der Waals surface area contributed by atoms with Gasteiger partial charge in [0.2, 0.25) is 5.78 Å². The number of hydrogen-bond acceptors (Lipinski definition) is 3. The fraction of sp³-hybridized carbons (Fsp3) is 0.125. The van der Waals surface area contributed by atoms with E-state index in [4.69, 9.17) is 4.74 Å². The van der Waals surface area contributed by atoms with Gasteiger partial charge in [-0.05, 0) is 43.3 Å². The molecule has 102 valence electrons. The summed E-state index contributed by atoms with van der Waals surface area (Å²) in [6.45, 7) is 1.49. The fourth-order valence-electron chi connectivity index (χ4n) is 1.71. The molecule has 3 nitrogen and oxygen atoms in total. The summed E-state index contributed by atoms with van der Waals surface area (Å²) in [7, 11) is 0. The first-order chi connectivity index (χ1) is 9.58. The van der Waals surface area contributed by atoms with Crippen molar-refractivity contribution in [3.05, 3.63) is 71.5 Å². The molecule has 2 aromatic rings. The van der Waals surface area contributed by atoms with E-state index in [1.54, 1.807) is 30.3 Å². The van der Waals surface area contributed by atoms with Crippen LogP contribution in [0.2, 0.25) is 0 Å². The average molecular weight is 272 g/mol. The second kappa shape index (κ2) is 6.10. The molecule has 0 fully saturated rings. The molecule has 1 unspecified atom stereocenters. The summed E-state index contributed by atoms with van der Waals surface area (Å²) >= 11 is 0. The lowest BCUT2D eigenvalue weighted by Gasteiger charge is -2.12. The first-order valence-corrected chi connectivity index (χ1v) is 6.14. The van der Waals surface area contributed by atoms with Gasteiger partial charge in [0.05, 0.1) is 5.56 Å². The molecule has 0 spiro atoms. The molecule has 20 heavy (non-hydrogen) atoms. The third kappa shape index (κ3) is 3.29. The molecule has 0 aliphatic carbocycles. The van der Waals surface area contributed by atoms with Gasteiger partial charge in [-0.3, -0.25) is 4.79 Å². The minimum atomic E-state index is -0.923. The highest BCUT2D eigenvalue weighted by atomic mass is 19.1. The third-order valence-corrected chi connectivity index (χ3v) is 2.79. The standard InChI is InChI=1S/C16H13FO3/c1-11(15(18)12-7-9-14(17)10-8-12)20-16(19)13-5-3-2-4-6-13/h2-11H,1H3. The molecule has 0 saturated heterocycles. The lowest BCUT2D eigenvalue weighted by atomic mass is 10.1. The van der Waals surface area contributed by atoms with Crippen molar-refractivity contribution in [1.29, 1.82) is 0 Å². The van der Waals surface area contributed by atoms with Gasteiger partial charge >= 0.3 is 5.97 Å². The summed E-state index contributed by atoms with van der Waals surface area (Å²) < 4.78 is 17.9. The normalized spacial score (nSPS) is 11.7. The smallest absolute Gasteiger partial charge is 0.338 e. The van der Waals surface area contributed by atoms with Crippen LogP contribution in [0, 0.1) is 5.82 Å². The number of carbonyl (C=O) groups is 2. The van der Waals surface area contributed by atoms with Crippen molar-refractivity contribution in [2.75, 3.05) is 0 Å². The summed E-state index contributed by atoms with van der Waals surface area (Å²) in [5, 5.41) is 0. The van der Waals surface area contributed by atoms with Crippen LogP contribution < -0.4 is 0 Å². The molecule has 0 bridgehead atoms. The topological polar surface area (TPSA) is 43.4 Å². The predicted octanol–water partition coefficient (Wildman–Crippen LogP) is 3.25. The van der Waals surface area contributed by atoms with E-state index in [1.807, 2.05) is 0 Å². The van der Waals surface area contributed by atoms with Crippen LogP contribution in [-0.2, 0) is 4.74 Å². The quantitative estimate of drug-likeness (QED) is 0.634. The van der Waals surface area contributed by atoms with Crippen LogP contribution in [-0.4, -0.2) is 17.9 Å². The van der Waals surface area contributed by atoms with E-state index in [-0.39, 0.29) is 5.78 Å². The zero-order valence-corrected chi connectivity index (χ0v) is 10.9. The van der Waals surface area contributed by atoms with E-state index in [9.17, 15) is 14.0 Å². The van der Waals surface area contributed by atoms with Gasteiger partial charge in [0.15, 0.2) is 6.10 Å². The monoisotopic (exact) mass is 272 g/mol. The largest absolute Gasteiger partial charge is 0.451 e.